The van der Waals surface area contributed by atoms with E-state index < -0.39 is 0 Å². The van der Waals surface area contributed by atoms with Crippen molar-refractivity contribution in [3.63, 3.8) is 0 Å². The van der Waals surface area contributed by atoms with Crippen LogP contribution in [-0.2, 0) is 10.8 Å². The number of pyridine rings is 1. The molecule has 1 saturated carbocycles. The number of benzene rings is 4. The minimum absolute atomic E-state index is 0.0147. The molecule has 45 heavy (non-hydrogen) atoms. The summed E-state index contributed by atoms with van der Waals surface area (Å²) < 4.78 is 2.31. The molecule has 4 heteroatoms. The van der Waals surface area contributed by atoms with Crippen LogP contribution in [0.2, 0.25) is 0 Å². The summed E-state index contributed by atoms with van der Waals surface area (Å²) in [6.07, 6.45) is 14.4. The van der Waals surface area contributed by atoms with Crippen LogP contribution < -0.4 is 4.90 Å². The monoisotopic (exact) mass is 584 g/mol. The highest BCUT2D eigenvalue weighted by Gasteiger charge is 2.47. The lowest BCUT2D eigenvalue weighted by molar-refractivity contribution is 0.346. The summed E-state index contributed by atoms with van der Waals surface area (Å²) >= 11 is 0. The summed E-state index contributed by atoms with van der Waals surface area (Å²) in [5.41, 5.74) is 9.98. The Hall–Kier alpha value is -4.96. The van der Waals surface area contributed by atoms with Crippen LogP contribution in [0.15, 0.2) is 133 Å². The van der Waals surface area contributed by atoms with Gasteiger partial charge in [-0.1, -0.05) is 86.0 Å². The first kappa shape index (κ1) is 26.4. The first-order chi connectivity index (χ1) is 22.2. The smallest absolute Gasteiger partial charge is 0.145 e. The molecule has 2 atom stereocenters. The number of para-hydroxylation sites is 2. The van der Waals surface area contributed by atoms with Crippen molar-refractivity contribution in [1.29, 1.82) is 0 Å². The number of hydrogen-bond donors (Lipinski definition) is 0. The molecule has 0 bridgehead atoms. The molecule has 1 fully saturated rings. The zero-order valence-corrected chi connectivity index (χ0v) is 25.6. The van der Waals surface area contributed by atoms with Gasteiger partial charge in [0.05, 0.1) is 11.6 Å². The second-order valence-corrected chi connectivity index (χ2v) is 13.2. The maximum Gasteiger partial charge on any atom is 0.145 e. The minimum atomic E-state index is -0.0881. The van der Waals surface area contributed by atoms with Crippen molar-refractivity contribution in [2.24, 2.45) is 4.99 Å². The van der Waals surface area contributed by atoms with Crippen LogP contribution >= 0.6 is 0 Å². The third-order valence-corrected chi connectivity index (χ3v) is 10.9. The van der Waals surface area contributed by atoms with Crippen molar-refractivity contribution in [2.45, 2.75) is 55.9 Å². The first-order valence-electron chi connectivity index (χ1n) is 16.3. The molecule has 3 aliphatic rings. The molecule has 0 N–H and O–H groups in total. The summed E-state index contributed by atoms with van der Waals surface area (Å²) in [6, 6.07) is 40.7. The number of fused-ring (bicyclic) bond motifs is 6. The van der Waals surface area contributed by atoms with Gasteiger partial charge >= 0.3 is 0 Å². The average Bonchev–Trinajstić information content (AvgIpc) is 3.58. The molecule has 4 aromatic carbocycles. The summed E-state index contributed by atoms with van der Waals surface area (Å²) in [5, 5.41) is 2.43. The minimum Gasteiger partial charge on any atom is -0.331 e. The Morgan fingerprint density at radius 2 is 1.38 bits per heavy atom. The Balaban J connectivity index is 1.10. The molecule has 0 spiro atoms. The Bertz CT molecular complexity index is 2060. The van der Waals surface area contributed by atoms with E-state index in [1.807, 2.05) is 18.5 Å². The fraction of sp³-hybridized carbons (Fsp3) is 0.220. The molecule has 0 amide bonds. The molecular weight excluding hydrogens is 548 g/mol. The molecule has 9 rings (SSSR count). The highest BCUT2D eigenvalue weighted by Crippen LogP contribution is 2.51. The van der Waals surface area contributed by atoms with Gasteiger partial charge < -0.3 is 4.90 Å². The molecule has 2 aliphatic heterocycles. The second kappa shape index (κ2) is 10.0. The fourth-order valence-electron chi connectivity index (χ4n) is 8.58. The summed E-state index contributed by atoms with van der Waals surface area (Å²) in [7, 11) is 0. The highest BCUT2D eigenvalue weighted by atomic mass is 15.2. The highest BCUT2D eigenvalue weighted by molar-refractivity contribution is 6.07. The maximum atomic E-state index is 4.80. The SMILES string of the molecule is CC12C=CN=CC1N(c1ccc(C3(c4ccc(-n5c6ccccc6c6cccnc65)cc4)CCCCC3)cc1)c1ccccc12. The summed E-state index contributed by atoms with van der Waals surface area (Å²) in [5.74, 6) is 0. The zero-order chi connectivity index (χ0) is 30.0. The fourth-order valence-corrected chi connectivity index (χ4v) is 8.58. The number of aromatic nitrogens is 2. The predicted molar refractivity (Wildman–Crippen MR) is 186 cm³/mol. The summed E-state index contributed by atoms with van der Waals surface area (Å²) in [4.78, 5) is 11.9. The second-order valence-electron chi connectivity index (χ2n) is 13.2. The third-order valence-electron chi connectivity index (χ3n) is 10.9. The van der Waals surface area contributed by atoms with E-state index in [0.29, 0.717) is 0 Å². The van der Waals surface area contributed by atoms with Gasteiger partial charge in [-0.15, -0.1) is 0 Å². The van der Waals surface area contributed by atoms with Crippen LogP contribution in [0.5, 0.6) is 0 Å². The van der Waals surface area contributed by atoms with E-state index >= 15 is 0 Å². The lowest BCUT2D eigenvalue weighted by atomic mass is 9.65. The van der Waals surface area contributed by atoms with E-state index in [1.54, 1.807) is 0 Å². The normalized spacial score (nSPS) is 21.7. The molecule has 2 aromatic heterocycles. The first-order valence-corrected chi connectivity index (χ1v) is 16.3. The standard InChI is InChI=1S/C41H36N4/c1-40-25-27-42-28-38(40)44(37-14-6-4-12-35(37)40)31-19-15-29(16-20-31)41(23-7-2-8-24-41)30-17-21-32(22-18-30)45-36-13-5-3-10-33(36)34-11-9-26-43-39(34)45/h3-6,9-22,25-28,38H,2,7-8,23-24H2,1H3. The molecule has 0 saturated heterocycles. The lowest BCUT2D eigenvalue weighted by Gasteiger charge is -2.39. The molecule has 4 heterocycles. The molecule has 2 unspecified atom stereocenters. The molecule has 4 nitrogen and oxygen atoms in total. The van der Waals surface area contributed by atoms with E-state index in [4.69, 9.17) is 4.98 Å². The van der Waals surface area contributed by atoms with Gasteiger partial charge in [-0.25, -0.2) is 4.98 Å². The van der Waals surface area contributed by atoms with Gasteiger partial charge in [0.1, 0.15) is 5.65 Å². The van der Waals surface area contributed by atoms with Crippen molar-refractivity contribution in [3.8, 4) is 5.69 Å². The number of anilines is 2. The van der Waals surface area contributed by atoms with Crippen LogP contribution in [0.25, 0.3) is 27.6 Å². The number of nitrogens with zero attached hydrogens (tertiary/aromatic N) is 4. The Morgan fingerprint density at radius 1 is 0.689 bits per heavy atom. The van der Waals surface area contributed by atoms with Crippen LogP contribution in [0.1, 0.15) is 55.7 Å². The number of aliphatic imine (C=N–C) groups is 1. The third kappa shape index (κ3) is 3.84. The predicted octanol–water partition coefficient (Wildman–Crippen LogP) is 9.80. The zero-order valence-electron chi connectivity index (χ0n) is 25.6. The van der Waals surface area contributed by atoms with Gasteiger partial charge in [0, 0.05) is 57.3 Å². The van der Waals surface area contributed by atoms with Crippen molar-refractivity contribution in [1.82, 2.24) is 9.55 Å². The van der Waals surface area contributed by atoms with Crippen molar-refractivity contribution >= 4 is 39.5 Å². The van der Waals surface area contributed by atoms with Crippen molar-refractivity contribution in [2.75, 3.05) is 4.90 Å². The van der Waals surface area contributed by atoms with Gasteiger partial charge in [-0.3, -0.25) is 9.56 Å². The lowest BCUT2D eigenvalue weighted by Crippen LogP contribution is -2.42. The van der Waals surface area contributed by atoms with Gasteiger partial charge in [0.25, 0.3) is 0 Å². The quantitative estimate of drug-likeness (QED) is 0.207. The van der Waals surface area contributed by atoms with E-state index in [1.165, 1.54) is 76.5 Å². The van der Waals surface area contributed by atoms with Crippen LogP contribution in [0, 0.1) is 0 Å². The number of rotatable bonds is 4. The van der Waals surface area contributed by atoms with E-state index in [-0.39, 0.29) is 16.9 Å². The van der Waals surface area contributed by atoms with Crippen LogP contribution in [0.3, 0.4) is 0 Å². The van der Waals surface area contributed by atoms with E-state index in [9.17, 15) is 0 Å². The van der Waals surface area contributed by atoms with Crippen molar-refractivity contribution in [3.05, 3.63) is 144 Å². The Labute approximate surface area is 264 Å². The van der Waals surface area contributed by atoms with E-state index in [2.05, 4.69) is 137 Å². The maximum absolute atomic E-state index is 4.80. The molecular formula is C41H36N4. The van der Waals surface area contributed by atoms with Gasteiger partial charge in [0.15, 0.2) is 0 Å². The van der Waals surface area contributed by atoms with Gasteiger partial charge in [-0.05, 0) is 85.0 Å². The summed E-state index contributed by atoms with van der Waals surface area (Å²) in [6.45, 7) is 2.34. The average molecular weight is 585 g/mol. The van der Waals surface area contributed by atoms with E-state index in [0.717, 1.165) is 11.3 Å². The topological polar surface area (TPSA) is 33.4 Å². The molecule has 1 aliphatic carbocycles. The molecule has 0 radical (unpaired) electrons. The number of hydrogen-bond acceptors (Lipinski definition) is 3. The molecule has 6 aromatic rings. The molecule has 220 valence electrons. The largest absolute Gasteiger partial charge is 0.331 e. The van der Waals surface area contributed by atoms with Gasteiger partial charge in [-0.2, -0.15) is 0 Å². The van der Waals surface area contributed by atoms with Crippen LogP contribution in [-0.4, -0.2) is 21.8 Å². The van der Waals surface area contributed by atoms with Crippen LogP contribution in [0.4, 0.5) is 11.4 Å². The Kier molecular flexibility index (Phi) is 5.90. The van der Waals surface area contributed by atoms with Gasteiger partial charge in [0.2, 0.25) is 0 Å². The Morgan fingerprint density at radius 3 is 2.18 bits per heavy atom. The van der Waals surface area contributed by atoms with Crippen molar-refractivity contribution < 1.29 is 0 Å².